The highest BCUT2D eigenvalue weighted by Crippen LogP contribution is 2.24. The fourth-order valence-electron chi connectivity index (χ4n) is 3.94. The number of ether oxygens (including phenoxy) is 1. The van der Waals surface area contributed by atoms with E-state index in [9.17, 15) is 4.79 Å². The maximum absolute atomic E-state index is 12.1. The van der Waals surface area contributed by atoms with Gasteiger partial charge in [0, 0.05) is 43.5 Å². The van der Waals surface area contributed by atoms with Crippen molar-refractivity contribution < 1.29 is 9.53 Å². The van der Waals surface area contributed by atoms with Crippen LogP contribution in [0.2, 0.25) is 0 Å². The molecule has 1 N–H and O–H groups in total. The summed E-state index contributed by atoms with van der Waals surface area (Å²) < 4.78 is 7.24. The predicted octanol–water partition coefficient (Wildman–Crippen LogP) is 3.93. The number of amides is 1. The van der Waals surface area contributed by atoms with Crippen LogP contribution in [-0.2, 0) is 11.3 Å². The molecular weight excluding hydrogens is 404 g/mol. The summed E-state index contributed by atoms with van der Waals surface area (Å²) in [6.07, 6.45) is 7.94. The Morgan fingerprint density at radius 2 is 1.94 bits per heavy atom. The van der Waals surface area contributed by atoms with Gasteiger partial charge in [0.2, 0.25) is 5.91 Å². The fourth-order valence-corrected chi connectivity index (χ4v) is 3.94. The Hall–Kier alpha value is -3.94. The number of anilines is 2. The lowest BCUT2D eigenvalue weighted by atomic mass is 10.1. The maximum atomic E-state index is 12.1. The average molecular weight is 428 g/mol. The van der Waals surface area contributed by atoms with Crippen molar-refractivity contribution in [2.45, 2.75) is 25.8 Å². The van der Waals surface area contributed by atoms with E-state index < -0.39 is 0 Å². The molecule has 162 valence electrons. The molecular formula is C24H24N6O2. The number of pyridine rings is 1. The van der Waals surface area contributed by atoms with E-state index >= 15 is 0 Å². The van der Waals surface area contributed by atoms with E-state index in [0.717, 1.165) is 59.2 Å². The second-order valence-corrected chi connectivity index (χ2v) is 7.75. The number of methoxy groups -OCH3 is 1. The van der Waals surface area contributed by atoms with Crippen LogP contribution in [0.1, 0.15) is 24.8 Å². The van der Waals surface area contributed by atoms with Crippen molar-refractivity contribution in [2.75, 3.05) is 23.9 Å². The van der Waals surface area contributed by atoms with E-state index in [-0.39, 0.29) is 5.91 Å². The van der Waals surface area contributed by atoms with Crippen molar-refractivity contribution in [2.24, 2.45) is 0 Å². The number of carbonyl (C=O) groups is 1. The topological polar surface area (TPSA) is 84.7 Å². The molecule has 32 heavy (non-hydrogen) atoms. The molecule has 8 nitrogen and oxygen atoms in total. The van der Waals surface area contributed by atoms with E-state index in [4.69, 9.17) is 4.74 Å². The monoisotopic (exact) mass is 428 g/mol. The lowest BCUT2D eigenvalue weighted by Crippen LogP contribution is -2.35. The Kier molecular flexibility index (Phi) is 5.41. The molecule has 1 saturated heterocycles. The standard InChI is InChI=1S/C24H24N6O2/c1-32-19-9-11-30-21(15-26-23(30)12-19)20-13-22(28-16-27-20)25-14-17-5-7-18(8-6-17)29-10-3-2-4-24(29)31/h5-9,11-13,15-16H,2-4,10,14H2,1H3,(H,25,27,28). The van der Waals surface area contributed by atoms with Crippen molar-refractivity contribution >= 4 is 23.1 Å². The van der Waals surface area contributed by atoms with Crippen LogP contribution in [0.5, 0.6) is 5.75 Å². The van der Waals surface area contributed by atoms with E-state index in [1.54, 1.807) is 19.6 Å². The van der Waals surface area contributed by atoms with E-state index in [1.807, 2.05) is 58.0 Å². The molecule has 1 aliphatic heterocycles. The smallest absolute Gasteiger partial charge is 0.226 e. The summed E-state index contributed by atoms with van der Waals surface area (Å²) in [4.78, 5) is 27.2. The molecule has 0 bridgehead atoms. The molecule has 4 aromatic rings. The molecule has 1 fully saturated rings. The first-order chi connectivity index (χ1) is 15.7. The van der Waals surface area contributed by atoms with Crippen molar-refractivity contribution in [3.8, 4) is 17.1 Å². The van der Waals surface area contributed by atoms with Gasteiger partial charge < -0.3 is 15.0 Å². The summed E-state index contributed by atoms with van der Waals surface area (Å²) in [5.41, 5.74) is 4.52. The number of rotatable bonds is 6. The minimum Gasteiger partial charge on any atom is -0.497 e. The van der Waals surface area contributed by atoms with Crippen LogP contribution in [0.25, 0.3) is 17.0 Å². The normalized spacial score (nSPS) is 14.0. The second kappa shape index (κ2) is 8.66. The zero-order valence-corrected chi connectivity index (χ0v) is 17.9. The van der Waals surface area contributed by atoms with Crippen LogP contribution in [0.15, 0.2) is 61.2 Å². The minimum absolute atomic E-state index is 0.210. The Labute approximate surface area is 185 Å². The zero-order valence-electron chi connectivity index (χ0n) is 17.9. The van der Waals surface area contributed by atoms with Crippen LogP contribution in [0, 0.1) is 0 Å². The van der Waals surface area contributed by atoms with E-state index in [2.05, 4.69) is 20.3 Å². The minimum atomic E-state index is 0.210. The summed E-state index contributed by atoms with van der Waals surface area (Å²) in [7, 11) is 1.64. The van der Waals surface area contributed by atoms with Gasteiger partial charge in [0.05, 0.1) is 24.7 Å². The lowest BCUT2D eigenvalue weighted by Gasteiger charge is -2.26. The quantitative estimate of drug-likeness (QED) is 0.501. The Bertz CT molecular complexity index is 1250. The van der Waals surface area contributed by atoms with Crippen molar-refractivity contribution in [3.05, 3.63) is 66.7 Å². The molecule has 3 aromatic heterocycles. The third-order valence-electron chi connectivity index (χ3n) is 5.69. The molecule has 1 aliphatic rings. The van der Waals surface area contributed by atoms with Gasteiger partial charge in [0.15, 0.2) is 0 Å². The van der Waals surface area contributed by atoms with Gasteiger partial charge in [0.1, 0.15) is 23.5 Å². The number of piperidine rings is 1. The van der Waals surface area contributed by atoms with Crippen LogP contribution >= 0.6 is 0 Å². The number of hydrogen-bond donors (Lipinski definition) is 1. The molecule has 0 spiro atoms. The van der Waals surface area contributed by atoms with Gasteiger partial charge >= 0.3 is 0 Å². The van der Waals surface area contributed by atoms with Crippen molar-refractivity contribution in [1.82, 2.24) is 19.4 Å². The van der Waals surface area contributed by atoms with Gasteiger partial charge in [-0.1, -0.05) is 12.1 Å². The highest BCUT2D eigenvalue weighted by molar-refractivity contribution is 5.93. The summed E-state index contributed by atoms with van der Waals surface area (Å²) in [6, 6.07) is 13.8. The number of fused-ring (bicyclic) bond motifs is 1. The highest BCUT2D eigenvalue weighted by atomic mass is 16.5. The number of nitrogens with zero attached hydrogens (tertiary/aromatic N) is 5. The predicted molar refractivity (Wildman–Crippen MR) is 123 cm³/mol. The summed E-state index contributed by atoms with van der Waals surface area (Å²) in [5.74, 6) is 1.70. The number of nitrogens with one attached hydrogen (secondary N) is 1. The molecule has 0 atom stereocenters. The van der Waals surface area contributed by atoms with Gasteiger partial charge in [-0.25, -0.2) is 15.0 Å². The largest absolute Gasteiger partial charge is 0.497 e. The number of aromatic nitrogens is 4. The first-order valence-corrected chi connectivity index (χ1v) is 10.7. The number of carbonyl (C=O) groups excluding carboxylic acids is 1. The lowest BCUT2D eigenvalue weighted by molar-refractivity contribution is -0.119. The van der Waals surface area contributed by atoms with Crippen LogP contribution in [-0.4, -0.2) is 38.9 Å². The Morgan fingerprint density at radius 1 is 1.06 bits per heavy atom. The zero-order chi connectivity index (χ0) is 21.9. The summed E-state index contributed by atoms with van der Waals surface area (Å²) >= 11 is 0. The van der Waals surface area contributed by atoms with E-state index in [1.165, 1.54) is 0 Å². The third kappa shape index (κ3) is 3.99. The maximum Gasteiger partial charge on any atom is 0.226 e. The van der Waals surface area contributed by atoms with Gasteiger partial charge in [-0.2, -0.15) is 0 Å². The molecule has 4 heterocycles. The first-order valence-electron chi connectivity index (χ1n) is 10.7. The Morgan fingerprint density at radius 3 is 2.75 bits per heavy atom. The molecule has 0 aliphatic carbocycles. The van der Waals surface area contributed by atoms with Gasteiger partial charge in [-0.3, -0.25) is 9.20 Å². The van der Waals surface area contributed by atoms with Crippen molar-refractivity contribution in [1.29, 1.82) is 0 Å². The number of benzene rings is 1. The van der Waals surface area contributed by atoms with Crippen LogP contribution in [0.3, 0.4) is 0 Å². The number of imidazole rings is 1. The Balaban J connectivity index is 1.29. The molecule has 0 radical (unpaired) electrons. The average Bonchev–Trinajstić information content (AvgIpc) is 3.27. The van der Waals surface area contributed by atoms with Gasteiger partial charge in [-0.05, 0) is 36.6 Å². The number of hydrogen-bond acceptors (Lipinski definition) is 6. The second-order valence-electron chi connectivity index (χ2n) is 7.75. The molecule has 5 rings (SSSR count). The SMILES string of the molecule is COc1ccn2c(-c3cc(NCc4ccc(N5CCCCC5=O)cc4)ncn3)cnc2c1. The van der Waals surface area contributed by atoms with Crippen LogP contribution in [0.4, 0.5) is 11.5 Å². The molecule has 0 saturated carbocycles. The highest BCUT2D eigenvalue weighted by Gasteiger charge is 2.19. The first kappa shape index (κ1) is 20.0. The summed E-state index contributed by atoms with van der Waals surface area (Å²) in [6.45, 7) is 1.42. The van der Waals surface area contributed by atoms with Gasteiger partial charge in [-0.15, -0.1) is 0 Å². The van der Waals surface area contributed by atoms with Crippen molar-refractivity contribution in [3.63, 3.8) is 0 Å². The molecule has 1 aromatic carbocycles. The fraction of sp³-hybridized carbons (Fsp3) is 0.250. The van der Waals surface area contributed by atoms with E-state index in [0.29, 0.717) is 13.0 Å². The van der Waals surface area contributed by atoms with Crippen LogP contribution < -0.4 is 15.0 Å². The third-order valence-corrected chi connectivity index (χ3v) is 5.69. The van der Waals surface area contributed by atoms with Gasteiger partial charge in [0.25, 0.3) is 0 Å². The molecule has 0 unspecified atom stereocenters. The summed E-state index contributed by atoms with van der Waals surface area (Å²) in [5, 5.41) is 3.36. The molecule has 8 heteroatoms. The molecule has 1 amide bonds.